The Labute approximate surface area is 86.9 Å². The normalized spacial score (nSPS) is 9.47. The second kappa shape index (κ2) is 4.50. The van der Waals surface area contributed by atoms with Gasteiger partial charge < -0.3 is 4.74 Å². The van der Waals surface area contributed by atoms with Gasteiger partial charge in [-0.1, -0.05) is 18.2 Å². The van der Waals surface area contributed by atoms with E-state index in [1.807, 2.05) is 0 Å². The predicted molar refractivity (Wildman–Crippen MR) is 52.5 cm³/mol. The van der Waals surface area contributed by atoms with Crippen molar-refractivity contribution >= 4 is 17.7 Å². The SMILES string of the molecule is CC(=O)OC(=O)c1ccccc1C(C)=O. The lowest BCUT2D eigenvalue weighted by atomic mass is 10.0. The number of carbonyl (C=O) groups excluding carboxylic acids is 3. The van der Waals surface area contributed by atoms with Crippen LogP contribution in [-0.4, -0.2) is 17.7 Å². The van der Waals surface area contributed by atoms with Crippen LogP contribution in [0.15, 0.2) is 24.3 Å². The molecular formula is C11H10O4. The third-order valence-corrected chi connectivity index (χ3v) is 1.76. The maximum Gasteiger partial charge on any atom is 0.346 e. The molecule has 0 bridgehead atoms. The molecule has 1 aromatic rings. The van der Waals surface area contributed by atoms with Crippen LogP contribution in [0.2, 0.25) is 0 Å². The van der Waals surface area contributed by atoms with E-state index in [9.17, 15) is 14.4 Å². The van der Waals surface area contributed by atoms with Gasteiger partial charge in [-0.25, -0.2) is 4.79 Å². The first-order valence-corrected chi connectivity index (χ1v) is 4.35. The zero-order valence-corrected chi connectivity index (χ0v) is 8.44. The number of hydrogen-bond acceptors (Lipinski definition) is 4. The van der Waals surface area contributed by atoms with Crippen molar-refractivity contribution in [3.8, 4) is 0 Å². The Bertz CT molecular complexity index is 420. The van der Waals surface area contributed by atoms with E-state index in [1.165, 1.54) is 19.1 Å². The second-order valence-corrected chi connectivity index (χ2v) is 2.98. The van der Waals surface area contributed by atoms with E-state index in [4.69, 9.17) is 0 Å². The lowest BCUT2D eigenvalue weighted by Gasteiger charge is -2.04. The largest absolute Gasteiger partial charge is 0.390 e. The lowest BCUT2D eigenvalue weighted by molar-refractivity contribution is -0.135. The zero-order valence-electron chi connectivity index (χ0n) is 8.44. The van der Waals surface area contributed by atoms with Crippen LogP contribution >= 0.6 is 0 Å². The number of ether oxygens (including phenoxy) is 1. The predicted octanol–water partition coefficient (Wildman–Crippen LogP) is 1.59. The van der Waals surface area contributed by atoms with Gasteiger partial charge in [0.2, 0.25) is 0 Å². The lowest BCUT2D eigenvalue weighted by Crippen LogP contribution is -2.13. The van der Waals surface area contributed by atoms with Crippen molar-refractivity contribution in [2.45, 2.75) is 13.8 Å². The Morgan fingerprint density at radius 1 is 1.00 bits per heavy atom. The molecule has 0 aliphatic heterocycles. The van der Waals surface area contributed by atoms with Crippen molar-refractivity contribution in [1.82, 2.24) is 0 Å². The third kappa shape index (κ3) is 2.74. The first-order chi connectivity index (χ1) is 7.02. The molecule has 0 fully saturated rings. The van der Waals surface area contributed by atoms with Gasteiger partial charge in [-0.3, -0.25) is 9.59 Å². The van der Waals surface area contributed by atoms with Gasteiger partial charge in [-0.15, -0.1) is 0 Å². The van der Waals surface area contributed by atoms with E-state index in [2.05, 4.69) is 4.74 Å². The Morgan fingerprint density at radius 2 is 1.53 bits per heavy atom. The van der Waals surface area contributed by atoms with Gasteiger partial charge in [-0.05, 0) is 13.0 Å². The first kappa shape index (κ1) is 11.1. The molecule has 78 valence electrons. The molecule has 0 aliphatic rings. The van der Waals surface area contributed by atoms with Crippen LogP contribution in [0.1, 0.15) is 34.6 Å². The van der Waals surface area contributed by atoms with Crippen LogP contribution in [0.25, 0.3) is 0 Å². The van der Waals surface area contributed by atoms with E-state index < -0.39 is 11.9 Å². The quantitative estimate of drug-likeness (QED) is 0.419. The molecule has 0 spiro atoms. The Morgan fingerprint density at radius 3 is 2.00 bits per heavy atom. The van der Waals surface area contributed by atoms with Crippen LogP contribution in [0.5, 0.6) is 0 Å². The highest BCUT2D eigenvalue weighted by molar-refractivity contribution is 6.07. The number of rotatable bonds is 2. The van der Waals surface area contributed by atoms with Gasteiger partial charge in [0.25, 0.3) is 0 Å². The van der Waals surface area contributed by atoms with Gasteiger partial charge in [0.05, 0.1) is 5.56 Å². The van der Waals surface area contributed by atoms with E-state index in [0.717, 1.165) is 6.92 Å². The molecule has 0 radical (unpaired) electrons. The van der Waals surface area contributed by atoms with Crippen molar-refractivity contribution < 1.29 is 19.1 Å². The molecule has 4 heteroatoms. The van der Waals surface area contributed by atoms with E-state index in [-0.39, 0.29) is 16.9 Å². The van der Waals surface area contributed by atoms with E-state index in [1.54, 1.807) is 12.1 Å². The van der Waals surface area contributed by atoms with Crippen molar-refractivity contribution in [2.24, 2.45) is 0 Å². The molecule has 15 heavy (non-hydrogen) atoms. The number of carbonyl (C=O) groups is 3. The summed E-state index contributed by atoms with van der Waals surface area (Å²) in [5.74, 6) is -1.74. The van der Waals surface area contributed by atoms with Gasteiger partial charge in [0.15, 0.2) is 5.78 Å². The summed E-state index contributed by atoms with van der Waals surface area (Å²) in [7, 11) is 0. The summed E-state index contributed by atoms with van der Waals surface area (Å²) in [4.78, 5) is 33.1. The highest BCUT2D eigenvalue weighted by Crippen LogP contribution is 2.10. The molecule has 0 heterocycles. The van der Waals surface area contributed by atoms with E-state index in [0.29, 0.717) is 0 Å². The Hall–Kier alpha value is -1.97. The summed E-state index contributed by atoms with van der Waals surface area (Å²) in [5.41, 5.74) is 0.365. The molecule has 0 N–H and O–H groups in total. The monoisotopic (exact) mass is 206 g/mol. The van der Waals surface area contributed by atoms with Crippen LogP contribution < -0.4 is 0 Å². The van der Waals surface area contributed by atoms with Gasteiger partial charge in [0, 0.05) is 12.5 Å². The molecule has 0 saturated carbocycles. The molecule has 0 atom stereocenters. The summed E-state index contributed by atoms with van der Waals surface area (Å²) in [6.07, 6.45) is 0. The molecule has 0 saturated heterocycles. The fourth-order valence-electron chi connectivity index (χ4n) is 1.15. The smallest absolute Gasteiger partial charge is 0.346 e. The summed E-state index contributed by atoms with van der Waals surface area (Å²) in [6.45, 7) is 2.48. The average Bonchev–Trinajstić information content (AvgIpc) is 2.16. The zero-order chi connectivity index (χ0) is 11.4. The van der Waals surface area contributed by atoms with Gasteiger partial charge in [-0.2, -0.15) is 0 Å². The van der Waals surface area contributed by atoms with Gasteiger partial charge in [0.1, 0.15) is 0 Å². The number of benzene rings is 1. The third-order valence-electron chi connectivity index (χ3n) is 1.76. The van der Waals surface area contributed by atoms with Crippen LogP contribution in [0.4, 0.5) is 0 Å². The summed E-state index contributed by atoms with van der Waals surface area (Å²) in [5, 5.41) is 0. The molecule has 4 nitrogen and oxygen atoms in total. The molecule has 0 amide bonds. The second-order valence-electron chi connectivity index (χ2n) is 2.98. The highest BCUT2D eigenvalue weighted by Gasteiger charge is 2.16. The Balaban J connectivity index is 3.08. The van der Waals surface area contributed by atoms with Crippen LogP contribution in [0.3, 0.4) is 0 Å². The average molecular weight is 206 g/mol. The number of ketones is 1. The molecule has 0 aromatic heterocycles. The minimum atomic E-state index is -0.798. The van der Waals surface area contributed by atoms with Crippen molar-refractivity contribution in [3.63, 3.8) is 0 Å². The first-order valence-electron chi connectivity index (χ1n) is 4.35. The summed E-state index contributed by atoms with van der Waals surface area (Å²) in [6, 6.07) is 6.20. The van der Waals surface area contributed by atoms with Crippen molar-refractivity contribution in [1.29, 1.82) is 0 Å². The molecule has 0 unspecified atom stereocenters. The standard InChI is InChI=1S/C11H10O4/c1-7(12)9-5-3-4-6-10(9)11(14)15-8(2)13/h3-6H,1-2H3. The number of Topliss-reactive ketones (excluding diaryl/α,β-unsaturated/α-hetero) is 1. The number of esters is 2. The van der Waals surface area contributed by atoms with E-state index >= 15 is 0 Å². The molecule has 0 aliphatic carbocycles. The topological polar surface area (TPSA) is 60.4 Å². The minimum absolute atomic E-state index is 0.111. The highest BCUT2D eigenvalue weighted by atomic mass is 16.6. The number of hydrogen-bond donors (Lipinski definition) is 0. The van der Waals surface area contributed by atoms with Crippen molar-refractivity contribution in [2.75, 3.05) is 0 Å². The van der Waals surface area contributed by atoms with Gasteiger partial charge >= 0.3 is 11.9 Å². The molecule has 1 rings (SSSR count). The fourth-order valence-corrected chi connectivity index (χ4v) is 1.15. The maximum absolute atomic E-state index is 11.4. The summed E-state index contributed by atoms with van der Waals surface area (Å²) < 4.78 is 4.40. The minimum Gasteiger partial charge on any atom is -0.390 e. The summed E-state index contributed by atoms with van der Waals surface area (Å²) >= 11 is 0. The van der Waals surface area contributed by atoms with Crippen LogP contribution in [-0.2, 0) is 9.53 Å². The molecular weight excluding hydrogens is 196 g/mol. The fraction of sp³-hybridized carbons (Fsp3) is 0.182. The van der Waals surface area contributed by atoms with Crippen LogP contribution in [0, 0.1) is 0 Å². The Kier molecular flexibility index (Phi) is 3.33. The van der Waals surface area contributed by atoms with Crippen molar-refractivity contribution in [3.05, 3.63) is 35.4 Å². The molecule has 1 aromatic carbocycles. The maximum atomic E-state index is 11.4.